The number of hydrogen-bond donors (Lipinski definition) is 1. The first-order chi connectivity index (χ1) is 13.0. The maximum atomic E-state index is 12.5. The molecule has 0 unspecified atom stereocenters. The lowest BCUT2D eigenvalue weighted by molar-refractivity contribution is -0.122. The summed E-state index contributed by atoms with van der Waals surface area (Å²) in [6.07, 6.45) is 2.31. The van der Waals surface area contributed by atoms with Gasteiger partial charge in [-0.1, -0.05) is 48.0 Å². The second-order valence-corrected chi connectivity index (χ2v) is 6.85. The number of ether oxygens (including phenoxy) is 1. The van der Waals surface area contributed by atoms with Crippen molar-refractivity contribution in [2.45, 2.75) is 25.9 Å². The molecular formula is C21H21ClN2O3. The lowest BCUT2D eigenvalue weighted by Crippen LogP contribution is -2.36. The number of benzene rings is 2. The zero-order valence-corrected chi connectivity index (χ0v) is 16.0. The Kier molecular flexibility index (Phi) is 5.81. The molecular weight excluding hydrogens is 364 g/mol. The molecule has 2 aromatic carbocycles. The second kappa shape index (κ2) is 8.27. The standard InChI is InChI=1S/C21H21ClN2O3/c1-14(11-15-7-3-5-9-18(15)22)23-20(25)13-24-12-17(21(26)27-2)16-8-4-6-10-19(16)24/h3-10,12,14H,11,13H2,1-2H3,(H,23,25)/t14-/m1/s1. The van der Waals surface area contributed by atoms with Gasteiger partial charge in [0.05, 0.1) is 12.7 Å². The summed E-state index contributed by atoms with van der Waals surface area (Å²) in [6, 6.07) is 15.0. The van der Waals surface area contributed by atoms with Gasteiger partial charge in [0.2, 0.25) is 5.91 Å². The number of nitrogens with zero attached hydrogens (tertiary/aromatic N) is 1. The SMILES string of the molecule is COC(=O)c1cn(CC(=O)N[C@H](C)Cc2ccccc2Cl)c2ccccc12. The molecule has 27 heavy (non-hydrogen) atoms. The number of rotatable bonds is 6. The highest BCUT2D eigenvalue weighted by Gasteiger charge is 2.17. The van der Waals surface area contributed by atoms with E-state index in [0.29, 0.717) is 17.0 Å². The van der Waals surface area contributed by atoms with Gasteiger partial charge in [0.25, 0.3) is 0 Å². The molecule has 0 spiro atoms. The zero-order chi connectivity index (χ0) is 19.4. The van der Waals surface area contributed by atoms with Gasteiger partial charge in [-0.15, -0.1) is 0 Å². The molecule has 140 valence electrons. The third-order valence-electron chi connectivity index (χ3n) is 4.40. The van der Waals surface area contributed by atoms with Crippen molar-refractivity contribution in [3.05, 3.63) is 70.9 Å². The van der Waals surface area contributed by atoms with Crippen LogP contribution in [-0.2, 0) is 22.5 Å². The highest BCUT2D eigenvalue weighted by atomic mass is 35.5. The van der Waals surface area contributed by atoms with E-state index in [-0.39, 0.29) is 18.5 Å². The minimum Gasteiger partial charge on any atom is -0.465 e. The van der Waals surface area contributed by atoms with Crippen molar-refractivity contribution in [2.75, 3.05) is 7.11 Å². The fraction of sp³-hybridized carbons (Fsp3) is 0.238. The van der Waals surface area contributed by atoms with Crippen molar-refractivity contribution in [3.8, 4) is 0 Å². The molecule has 0 saturated carbocycles. The summed E-state index contributed by atoms with van der Waals surface area (Å²) in [5.74, 6) is -0.552. The molecule has 1 N–H and O–H groups in total. The molecule has 6 heteroatoms. The first-order valence-electron chi connectivity index (χ1n) is 8.68. The van der Waals surface area contributed by atoms with E-state index < -0.39 is 5.97 Å². The van der Waals surface area contributed by atoms with Gasteiger partial charge < -0.3 is 14.6 Å². The van der Waals surface area contributed by atoms with Gasteiger partial charge in [0.15, 0.2) is 0 Å². The fourth-order valence-electron chi connectivity index (χ4n) is 3.17. The Balaban J connectivity index is 1.72. The minimum absolute atomic E-state index is 0.0701. The molecule has 0 aliphatic heterocycles. The van der Waals surface area contributed by atoms with Crippen molar-refractivity contribution in [1.29, 1.82) is 0 Å². The number of methoxy groups -OCH3 is 1. The lowest BCUT2D eigenvalue weighted by Gasteiger charge is -2.15. The Morgan fingerprint density at radius 3 is 2.59 bits per heavy atom. The van der Waals surface area contributed by atoms with Gasteiger partial charge >= 0.3 is 5.97 Å². The van der Waals surface area contributed by atoms with E-state index in [1.54, 1.807) is 10.8 Å². The smallest absolute Gasteiger partial charge is 0.340 e. The maximum Gasteiger partial charge on any atom is 0.340 e. The first-order valence-corrected chi connectivity index (χ1v) is 9.06. The Morgan fingerprint density at radius 2 is 1.85 bits per heavy atom. The average Bonchev–Trinajstić information content (AvgIpc) is 3.01. The Hall–Kier alpha value is -2.79. The van der Waals surface area contributed by atoms with E-state index in [1.807, 2.05) is 55.5 Å². The van der Waals surface area contributed by atoms with Gasteiger partial charge in [-0.3, -0.25) is 4.79 Å². The van der Waals surface area contributed by atoms with Crippen LogP contribution in [0, 0.1) is 0 Å². The summed E-state index contributed by atoms with van der Waals surface area (Å²) in [5, 5.41) is 4.44. The van der Waals surface area contributed by atoms with Gasteiger partial charge in [0.1, 0.15) is 6.54 Å². The normalized spacial score (nSPS) is 12.0. The monoisotopic (exact) mass is 384 g/mol. The quantitative estimate of drug-likeness (QED) is 0.657. The van der Waals surface area contributed by atoms with Crippen LogP contribution in [0.2, 0.25) is 5.02 Å². The van der Waals surface area contributed by atoms with Crippen LogP contribution in [0.5, 0.6) is 0 Å². The lowest BCUT2D eigenvalue weighted by atomic mass is 10.1. The first kappa shape index (κ1) is 19.0. The predicted octanol–water partition coefficient (Wildman–Crippen LogP) is 3.83. The largest absolute Gasteiger partial charge is 0.465 e. The van der Waals surface area contributed by atoms with Gasteiger partial charge in [-0.2, -0.15) is 0 Å². The number of amides is 1. The third-order valence-corrected chi connectivity index (χ3v) is 4.77. The minimum atomic E-state index is -0.419. The molecule has 1 heterocycles. The molecule has 0 fully saturated rings. The van der Waals surface area contributed by atoms with E-state index >= 15 is 0 Å². The molecule has 0 aliphatic rings. The zero-order valence-electron chi connectivity index (χ0n) is 15.2. The van der Waals surface area contributed by atoms with Crippen LogP contribution in [0.3, 0.4) is 0 Å². The molecule has 1 aromatic heterocycles. The van der Waals surface area contributed by atoms with E-state index in [9.17, 15) is 9.59 Å². The van der Waals surface area contributed by atoms with Crippen LogP contribution in [0.25, 0.3) is 10.9 Å². The summed E-state index contributed by atoms with van der Waals surface area (Å²) in [5.41, 5.74) is 2.25. The number of nitrogens with one attached hydrogen (secondary N) is 1. The van der Waals surface area contributed by atoms with Crippen molar-refractivity contribution >= 4 is 34.4 Å². The number of fused-ring (bicyclic) bond motifs is 1. The topological polar surface area (TPSA) is 60.3 Å². The molecule has 0 saturated heterocycles. The number of para-hydroxylation sites is 1. The summed E-state index contributed by atoms with van der Waals surface area (Å²) in [6.45, 7) is 2.05. The molecule has 1 amide bonds. The Morgan fingerprint density at radius 1 is 1.15 bits per heavy atom. The van der Waals surface area contributed by atoms with E-state index in [4.69, 9.17) is 16.3 Å². The maximum absolute atomic E-state index is 12.5. The van der Waals surface area contributed by atoms with Crippen LogP contribution in [0.1, 0.15) is 22.8 Å². The van der Waals surface area contributed by atoms with Gasteiger partial charge in [-0.05, 0) is 31.0 Å². The predicted molar refractivity (Wildman–Crippen MR) is 106 cm³/mol. The molecule has 0 radical (unpaired) electrons. The highest BCUT2D eigenvalue weighted by Crippen LogP contribution is 2.22. The molecule has 3 aromatic rings. The van der Waals surface area contributed by atoms with Crippen LogP contribution >= 0.6 is 11.6 Å². The average molecular weight is 385 g/mol. The third kappa shape index (κ3) is 4.31. The second-order valence-electron chi connectivity index (χ2n) is 6.44. The van der Waals surface area contributed by atoms with Crippen LogP contribution < -0.4 is 5.32 Å². The molecule has 0 bridgehead atoms. The van der Waals surface area contributed by atoms with Crippen molar-refractivity contribution in [2.24, 2.45) is 0 Å². The number of hydrogen-bond acceptors (Lipinski definition) is 3. The fourth-order valence-corrected chi connectivity index (χ4v) is 3.38. The Bertz CT molecular complexity index is 980. The molecule has 1 atom stereocenters. The molecule has 0 aliphatic carbocycles. The van der Waals surface area contributed by atoms with E-state index in [2.05, 4.69) is 5.32 Å². The van der Waals surface area contributed by atoms with E-state index in [0.717, 1.165) is 16.5 Å². The molecule has 5 nitrogen and oxygen atoms in total. The summed E-state index contributed by atoms with van der Waals surface area (Å²) < 4.78 is 6.60. The molecule has 3 rings (SSSR count). The van der Waals surface area contributed by atoms with Crippen LogP contribution in [0.4, 0.5) is 0 Å². The number of aromatic nitrogens is 1. The summed E-state index contributed by atoms with van der Waals surface area (Å²) in [4.78, 5) is 24.5. The number of carbonyl (C=O) groups excluding carboxylic acids is 2. The highest BCUT2D eigenvalue weighted by molar-refractivity contribution is 6.31. The van der Waals surface area contributed by atoms with Gasteiger partial charge in [-0.25, -0.2) is 4.79 Å². The van der Waals surface area contributed by atoms with Crippen LogP contribution in [0.15, 0.2) is 54.7 Å². The van der Waals surface area contributed by atoms with Gasteiger partial charge in [0, 0.05) is 28.2 Å². The number of halogens is 1. The summed E-state index contributed by atoms with van der Waals surface area (Å²) in [7, 11) is 1.34. The van der Waals surface area contributed by atoms with Crippen LogP contribution in [-0.4, -0.2) is 29.6 Å². The van der Waals surface area contributed by atoms with Crippen molar-refractivity contribution in [1.82, 2.24) is 9.88 Å². The Labute approximate surface area is 162 Å². The van der Waals surface area contributed by atoms with Crippen molar-refractivity contribution < 1.29 is 14.3 Å². The van der Waals surface area contributed by atoms with Crippen molar-refractivity contribution in [3.63, 3.8) is 0 Å². The summed E-state index contributed by atoms with van der Waals surface area (Å²) >= 11 is 6.19. The number of carbonyl (C=O) groups is 2. The number of esters is 1. The van der Waals surface area contributed by atoms with E-state index in [1.165, 1.54) is 7.11 Å².